The van der Waals surface area contributed by atoms with Gasteiger partial charge in [0.25, 0.3) is 0 Å². The van der Waals surface area contributed by atoms with Crippen LogP contribution in [0, 0.1) is 5.82 Å². The van der Waals surface area contributed by atoms with Gasteiger partial charge >= 0.3 is 6.98 Å². The van der Waals surface area contributed by atoms with E-state index in [0.717, 1.165) is 56.7 Å². The average molecular weight is 275 g/mol. The van der Waals surface area contributed by atoms with Gasteiger partial charge in [0.05, 0.1) is 11.9 Å². The SMILES string of the molecule is Fc1ccc([B-](F)(F)F)c(OC2CCCCCC2)c1. The van der Waals surface area contributed by atoms with Crippen molar-refractivity contribution < 1.29 is 22.1 Å². The van der Waals surface area contributed by atoms with Gasteiger partial charge in [-0.15, -0.1) is 0 Å². The third-order valence-corrected chi connectivity index (χ3v) is 3.42. The van der Waals surface area contributed by atoms with Gasteiger partial charge < -0.3 is 17.7 Å². The van der Waals surface area contributed by atoms with Crippen molar-refractivity contribution in [3.63, 3.8) is 0 Å². The molecule has 106 valence electrons. The number of rotatable bonds is 3. The Balaban J connectivity index is 2.20. The molecular weight excluding hydrogens is 259 g/mol. The highest BCUT2D eigenvalue weighted by Gasteiger charge is 2.30. The number of ether oxygens (including phenoxy) is 1. The topological polar surface area (TPSA) is 9.23 Å². The zero-order valence-corrected chi connectivity index (χ0v) is 10.5. The Hall–Kier alpha value is -1.20. The highest BCUT2D eigenvalue weighted by Crippen LogP contribution is 2.25. The Morgan fingerprint density at radius 1 is 1.00 bits per heavy atom. The highest BCUT2D eigenvalue weighted by atomic mass is 19.4. The van der Waals surface area contributed by atoms with E-state index in [0.29, 0.717) is 0 Å². The monoisotopic (exact) mass is 275 g/mol. The van der Waals surface area contributed by atoms with Gasteiger partial charge in [-0.05, 0) is 31.7 Å². The van der Waals surface area contributed by atoms with Gasteiger partial charge in [0, 0.05) is 6.07 Å². The van der Waals surface area contributed by atoms with E-state index >= 15 is 0 Å². The number of hydrogen-bond donors (Lipinski definition) is 0. The molecule has 0 heterocycles. The molecule has 0 aromatic heterocycles. The van der Waals surface area contributed by atoms with Crippen molar-refractivity contribution in [2.75, 3.05) is 0 Å². The van der Waals surface area contributed by atoms with Gasteiger partial charge in [0.2, 0.25) is 0 Å². The number of halogens is 4. The molecule has 0 aliphatic heterocycles. The molecule has 0 amide bonds. The highest BCUT2D eigenvalue weighted by molar-refractivity contribution is 6.74. The summed E-state index contributed by atoms with van der Waals surface area (Å²) in [7, 11) is 0. The molecule has 1 aromatic carbocycles. The van der Waals surface area contributed by atoms with Crippen LogP contribution in [0.3, 0.4) is 0 Å². The maximum Gasteiger partial charge on any atom is 0.513 e. The Morgan fingerprint density at radius 2 is 1.63 bits per heavy atom. The zero-order chi connectivity index (χ0) is 13.9. The molecule has 0 spiro atoms. The minimum atomic E-state index is -5.18. The van der Waals surface area contributed by atoms with Crippen molar-refractivity contribution >= 4 is 12.4 Å². The van der Waals surface area contributed by atoms with E-state index < -0.39 is 18.3 Å². The molecule has 1 nitrogen and oxygen atoms in total. The largest absolute Gasteiger partial charge is 0.513 e. The van der Waals surface area contributed by atoms with Crippen LogP contribution in [0.25, 0.3) is 0 Å². The zero-order valence-electron chi connectivity index (χ0n) is 10.5. The quantitative estimate of drug-likeness (QED) is 0.460. The van der Waals surface area contributed by atoms with Gasteiger partial charge in [-0.3, -0.25) is 0 Å². The molecule has 0 N–H and O–H groups in total. The van der Waals surface area contributed by atoms with Crippen molar-refractivity contribution in [2.24, 2.45) is 0 Å². The first-order valence-corrected chi connectivity index (χ1v) is 6.63. The second-order valence-electron chi connectivity index (χ2n) is 4.99. The second kappa shape index (κ2) is 5.84. The van der Waals surface area contributed by atoms with Gasteiger partial charge in [-0.1, -0.05) is 24.4 Å². The van der Waals surface area contributed by atoms with Crippen molar-refractivity contribution in [3.05, 3.63) is 24.0 Å². The minimum Gasteiger partial charge on any atom is -0.493 e. The smallest absolute Gasteiger partial charge is 0.493 e. The maximum absolute atomic E-state index is 13.1. The van der Waals surface area contributed by atoms with Gasteiger partial charge in [0.15, 0.2) is 0 Å². The van der Waals surface area contributed by atoms with Crippen molar-refractivity contribution in [1.82, 2.24) is 0 Å². The first-order valence-electron chi connectivity index (χ1n) is 6.63. The normalized spacial score (nSPS) is 18.1. The lowest BCUT2D eigenvalue weighted by atomic mass is 9.79. The number of benzene rings is 1. The lowest BCUT2D eigenvalue weighted by Crippen LogP contribution is -2.36. The summed E-state index contributed by atoms with van der Waals surface area (Å²) in [5.41, 5.74) is -0.842. The van der Waals surface area contributed by atoms with Crippen LogP contribution >= 0.6 is 0 Å². The molecule has 2 rings (SSSR count). The molecule has 1 fully saturated rings. The van der Waals surface area contributed by atoms with E-state index in [1.165, 1.54) is 0 Å². The molecule has 1 aromatic rings. The van der Waals surface area contributed by atoms with Crippen LogP contribution in [0.2, 0.25) is 0 Å². The molecule has 0 saturated heterocycles. The average Bonchev–Trinajstić information content (AvgIpc) is 2.56. The van der Waals surface area contributed by atoms with Gasteiger partial charge in [0.1, 0.15) is 5.82 Å². The molecular formula is C13H16BF4O-. The standard InChI is InChI=1S/C13H16BF4O/c15-10-7-8-12(14(16,17)18)13(9-10)19-11-5-3-1-2-4-6-11/h7-9,11H,1-6H2/q-1. The van der Waals surface area contributed by atoms with Crippen molar-refractivity contribution in [2.45, 2.75) is 44.6 Å². The number of hydrogen-bond acceptors (Lipinski definition) is 1. The predicted octanol–water partition coefficient (Wildman–Crippen LogP) is 3.98. The molecule has 0 atom stereocenters. The lowest BCUT2D eigenvalue weighted by molar-refractivity contribution is 0.184. The Morgan fingerprint density at radius 3 is 2.21 bits per heavy atom. The molecule has 0 unspecified atom stereocenters. The van der Waals surface area contributed by atoms with Gasteiger partial charge in [-0.2, -0.15) is 0 Å². The minimum absolute atomic E-state index is 0.235. The summed E-state index contributed by atoms with van der Waals surface area (Å²) >= 11 is 0. The summed E-state index contributed by atoms with van der Waals surface area (Å²) in [6, 6.07) is 2.43. The van der Waals surface area contributed by atoms with Crippen molar-refractivity contribution in [3.8, 4) is 5.75 Å². The summed E-state index contributed by atoms with van der Waals surface area (Å²) in [5, 5.41) is 0. The van der Waals surface area contributed by atoms with E-state index in [4.69, 9.17) is 4.74 Å². The van der Waals surface area contributed by atoms with Crippen LogP contribution in [0.4, 0.5) is 17.3 Å². The van der Waals surface area contributed by atoms with Crippen LogP contribution in [-0.4, -0.2) is 13.1 Å². The van der Waals surface area contributed by atoms with Crippen LogP contribution < -0.4 is 10.2 Å². The fourth-order valence-electron chi connectivity index (χ4n) is 2.42. The van der Waals surface area contributed by atoms with E-state index in [2.05, 4.69) is 0 Å². The summed E-state index contributed by atoms with van der Waals surface area (Å²) < 4.78 is 57.2. The summed E-state index contributed by atoms with van der Waals surface area (Å²) in [6.07, 6.45) is 5.31. The van der Waals surface area contributed by atoms with E-state index in [1.54, 1.807) is 0 Å². The fourth-order valence-corrected chi connectivity index (χ4v) is 2.42. The lowest BCUT2D eigenvalue weighted by Gasteiger charge is -2.24. The fraction of sp³-hybridized carbons (Fsp3) is 0.538. The van der Waals surface area contributed by atoms with Crippen LogP contribution in [-0.2, 0) is 0 Å². The first kappa shape index (κ1) is 14.2. The van der Waals surface area contributed by atoms with E-state index in [-0.39, 0.29) is 11.9 Å². The maximum atomic E-state index is 13.1. The third-order valence-electron chi connectivity index (χ3n) is 3.42. The Labute approximate surface area is 110 Å². The molecule has 19 heavy (non-hydrogen) atoms. The van der Waals surface area contributed by atoms with Crippen LogP contribution in [0.15, 0.2) is 18.2 Å². The summed E-state index contributed by atoms with van der Waals surface area (Å²) in [4.78, 5) is 0. The molecule has 0 radical (unpaired) electrons. The predicted molar refractivity (Wildman–Crippen MR) is 67.2 cm³/mol. The first-order chi connectivity index (χ1) is 8.97. The third kappa shape index (κ3) is 3.88. The Bertz CT molecular complexity index is 425. The summed E-state index contributed by atoms with van der Waals surface area (Å²) in [5.74, 6) is -1.06. The second-order valence-corrected chi connectivity index (χ2v) is 4.99. The van der Waals surface area contributed by atoms with Crippen molar-refractivity contribution in [1.29, 1.82) is 0 Å². The van der Waals surface area contributed by atoms with Crippen LogP contribution in [0.1, 0.15) is 38.5 Å². The molecule has 0 bridgehead atoms. The van der Waals surface area contributed by atoms with E-state index in [9.17, 15) is 17.3 Å². The van der Waals surface area contributed by atoms with Crippen LogP contribution in [0.5, 0.6) is 5.75 Å². The molecule has 6 heteroatoms. The molecule has 1 aliphatic rings. The Kier molecular flexibility index (Phi) is 4.37. The molecule has 1 saturated carbocycles. The van der Waals surface area contributed by atoms with Gasteiger partial charge in [-0.25, -0.2) is 4.39 Å². The molecule has 1 aliphatic carbocycles. The van der Waals surface area contributed by atoms with E-state index in [1.807, 2.05) is 0 Å². The summed E-state index contributed by atoms with van der Waals surface area (Å²) in [6.45, 7) is -5.18.